The molecule has 1 N–H and O–H groups in total. The Morgan fingerprint density at radius 3 is 1.22 bits per heavy atom. The predicted octanol–water partition coefficient (Wildman–Crippen LogP) is 5.11. The molecule has 0 aromatic heterocycles. The van der Waals surface area contributed by atoms with Gasteiger partial charge in [-0.15, -0.1) is 23.2 Å². The van der Waals surface area contributed by atoms with Crippen LogP contribution < -0.4 is 0 Å². The van der Waals surface area contributed by atoms with E-state index in [1.54, 1.807) is 38.1 Å². The van der Waals surface area contributed by atoms with Gasteiger partial charge in [0, 0.05) is 11.0 Å². The summed E-state index contributed by atoms with van der Waals surface area (Å²) in [5.41, 5.74) is -0.188. The minimum absolute atomic E-state index is 0.0108. The van der Waals surface area contributed by atoms with E-state index in [0.717, 1.165) is 0 Å². The summed E-state index contributed by atoms with van der Waals surface area (Å²) in [4.78, 5) is 0. The average molecular weight is 376 g/mol. The summed E-state index contributed by atoms with van der Waals surface area (Å²) in [5.74, 6) is -0.240. The van der Waals surface area contributed by atoms with Crippen molar-refractivity contribution in [3.63, 3.8) is 0 Å². The van der Waals surface area contributed by atoms with Gasteiger partial charge in [0.25, 0.3) is 0 Å². The number of nitrogens with zero attached hydrogens (tertiary/aromatic N) is 4. The minimum Gasteiger partial charge on any atom is -0.510 e. The van der Waals surface area contributed by atoms with Crippen LogP contribution in [0.4, 0.5) is 0 Å². The number of aliphatic hydroxyl groups excluding tert-OH is 1. The molecule has 0 fully saturated rings. The minimum atomic E-state index is -0.199. The third kappa shape index (κ3) is 13.5. The zero-order chi connectivity index (χ0) is 19.0. The highest BCUT2D eigenvalue weighted by molar-refractivity contribution is 6.40. The monoisotopic (exact) mass is 374 g/mol. The molecule has 0 heterocycles. The molecule has 5 nitrogen and oxygen atoms in total. The van der Waals surface area contributed by atoms with Gasteiger partial charge in [0.05, 0.1) is 5.34 Å². The summed E-state index contributed by atoms with van der Waals surface area (Å²) >= 11 is 15.1. The van der Waals surface area contributed by atoms with E-state index >= 15 is 0 Å². The third-order valence-corrected chi connectivity index (χ3v) is 2.62. The van der Waals surface area contributed by atoms with Crippen molar-refractivity contribution in [1.82, 2.24) is 0 Å². The Morgan fingerprint density at radius 2 is 1.13 bits per heavy atom. The molecule has 0 spiro atoms. The van der Waals surface area contributed by atoms with E-state index in [9.17, 15) is 0 Å². The highest BCUT2D eigenvalue weighted by Gasteiger charge is 2.07. The van der Waals surface area contributed by atoms with Crippen LogP contribution in [-0.4, -0.2) is 10.4 Å². The highest BCUT2D eigenvalue weighted by atomic mass is 35.5. The van der Waals surface area contributed by atoms with E-state index in [2.05, 4.69) is 0 Å². The van der Waals surface area contributed by atoms with Gasteiger partial charge in [0.1, 0.15) is 35.6 Å². The van der Waals surface area contributed by atoms with E-state index in [4.69, 9.17) is 61.0 Å². The molecule has 0 unspecified atom stereocenters. The zero-order valence-corrected chi connectivity index (χ0v) is 15.5. The summed E-state index contributed by atoms with van der Waals surface area (Å²) < 4.78 is 0. The first-order valence-corrected chi connectivity index (χ1v) is 7.68. The van der Waals surface area contributed by atoms with Gasteiger partial charge in [-0.1, -0.05) is 39.3 Å². The molecule has 0 aromatic carbocycles. The van der Waals surface area contributed by atoms with Crippen molar-refractivity contribution < 1.29 is 5.11 Å². The van der Waals surface area contributed by atoms with Gasteiger partial charge in [-0.2, -0.15) is 21.0 Å². The topological polar surface area (TPSA) is 115 Å². The van der Waals surface area contributed by atoms with Crippen LogP contribution in [0.5, 0.6) is 0 Å². The Kier molecular flexibility index (Phi) is 18.7. The van der Waals surface area contributed by atoms with Crippen molar-refractivity contribution in [2.45, 2.75) is 27.7 Å². The fraction of sp³-hybridized carbons (Fsp3) is 0.467. The number of hydrogen-bond acceptors (Lipinski definition) is 5. The van der Waals surface area contributed by atoms with Gasteiger partial charge < -0.3 is 5.11 Å². The standard InChI is InChI=1S/C7H7ClN2.C7H8N2O.CH2Cl2/c1-5(2)7(8)6(3-9)4-10;1-5(2)7(10)6(3-8)4-9;2-1-3/h5H,1-2H3;5,10H,1-2H3;1H2. The molecule has 0 atom stereocenters. The van der Waals surface area contributed by atoms with Crippen LogP contribution in [0.3, 0.4) is 0 Å². The Labute approximate surface area is 152 Å². The Hall–Kier alpha value is -1.89. The Morgan fingerprint density at radius 1 is 0.826 bits per heavy atom. The lowest BCUT2D eigenvalue weighted by molar-refractivity contribution is 0.349. The molecule has 0 aliphatic heterocycles. The van der Waals surface area contributed by atoms with Gasteiger partial charge in [-0.25, -0.2) is 0 Å². The fourth-order valence-corrected chi connectivity index (χ4v) is 0.933. The second kappa shape index (κ2) is 16.5. The largest absolute Gasteiger partial charge is 0.510 e. The smallest absolute Gasteiger partial charge is 0.167 e. The predicted molar refractivity (Wildman–Crippen MR) is 91.2 cm³/mol. The van der Waals surface area contributed by atoms with Crippen molar-refractivity contribution in [1.29, 1.82) is 21.0 Å². The van der Waals surface area contributed by atoms with Crippen molar-refractivity contribution >= 4 is 34.8 Å². The number of rotatable bonds is 2. The van der Waals surface area contributed by atoms with E-state index < -0.39 is 0 Å². The van der Waals surface area contributed by atoms with Crippen LogP contribution in [0.2, 0.25) is 0 Å². The summed E-state index contributed by atoms with van der Waals surface area (Å²) in [6.07, 6.45) is 0. The highest BCUT2D eigenvalue weighted by Crippen LogP contribution is 2.17. The molecular formula is C15H17Cl3N4O. The number of aliphatic hydroxyl groups is 1. The second-order valence-electron chi connectivity index (χ2n) is 4.34. The summed E-state index contributed by atoms with van der Waals surface area (Å²) in [5, 5.41) is 42.7. The van der Waals surface area contributed by atoms with Crippen molar-refractivity contribution in [3.05, 3.63) is 21.9 Å². The maximum Gasteiger partial charge on any atom is 0.167 e. The first-order chi connectivity index (χ1) is 10.7. The molecule has 124 valence electrons. The van der Waals surface area contributed by atoms with Crippen molar-refractivity contribution in [3.8, 4) is 24.3 Å². The molecule has 0 aliphatic carbocycles. The number of nitriles is 4. The van der Waals surface area contributed by atoms with Gasteiger partial charge in [0.15, 0.2) is 5.57 Å². The third-order valence-electron chi connectivity index (χ3n) is 2.00. The molecule has 0 radical (unpaired) electrons. The molecule has 23 heavy (non-hydrogen) atoms. The average Bonchev–Trinajstić information content (AvgIpc) is 2.50. The van der Waals surface area contributed by atoms with E-state index in [1.807, 2.05) is 13.8 Å². The van der Waals surface area contributed by atoms with Crippen LogP contribution >= 0.6 is 34.8 Å². The summed E-state index contributed by atoms with van der Waals surface area (Å²) in [6.45, 7) is 7.09. The van der Waals surface area contributed by atoms with Crippen LogP contribution in [0.15, 0.2) is 21.9 Å². The molecule has 0 aromatic rings. The quantitative estimate of drug-likeness (QED) is 0.409. The van der Waals surface area contributed by atoms with E-state index in [0.29, 0.717) is 5.03 Å². The fourth-order valence-electron chi connectivity index (χ4n) is 0.849. The van der Waals surface area contributed by atoms with Crippen molar-refractivity contribution in [2.75, 3.05) is 5.34 Å². The number of alkyl halides is 2. The van der Waals surface area contributed by atoms with E-state index in [-0.39, 0.29) is 34.1 Å². The van der Waals surface area contributed by atoms with Crippen molar-refractivity contribution in [2.24, 2.45) is 11.8 Å². The molecular weight excluding hydrogens is 359 g/mol. The Balaban J connectivity index is -0.000000297. The van der Waals surface area contributed by atoms with Crippen LogP contribution in [0.25, 0.3) is 0 Å². The summed E-state index contributed by atoms with van der Waals surface area (Å²) in [7, 11) is 0. The SMILES string of the molecule is CC(C)C(Cl)=C(C#N)C#N.CC(C)C(O)=C(C#N)C#N.ClCCl. The number of allylic oxidation sites excluding steroid dienone is 4. The second-order valence-corrected chi connectivity index (χ2v) is 5.56. The lowest BCUT2D eigenvalue weighted by Gasteiger charge is -2.00. The molecule has 8 heteroatoms. The molecule has 0 rings (SSSR count). The lowest BCUT2D eigenvalue weighted by atomic mass is 10.1. The number of halogens is 3. The Bertz CT molecular complexity index is 498. The van der Waals surface area contributed by atoms with Crippen LogP contribution in [0, 0.1) is 57.2 Å². The summed E-state index contributed by atoms with van der Waals surface area (Å²) in [6, 6.07) is 6.64. The van der Waals surface area contributed by atoms with Gasteiger partial charge in [-0.3, -0.25) is 0 Å². The normalized spacial score (nSPS) is 7.87. The van der Waals surface area contributed by atoms with E-state index in [1.165, 1.54) is 0 Å². The van der Waals surface area contributed by atoms with Gasteiger partial charge >= 0.3 is 0 Å². The molecule has 0 amide bonds. The lowest BCUT2D eigenvalue weighted by Crippen LogP contribution is -1.95. The number of hydrogen-bond donors (Lipinski definition) is 1. The first kappa shape index (κ1) is 26.0. The molecule has 0 aliphatic rings. The first-order valence-electron chi connectivity index (χ1n) is 6.23. The molecule has 0 saturated heterocycles. The van der Waals surface area contributed by atoms with Gasteiger partial charge in [0.2, 0.25) is 0 Å². The van der Waals surface area contributed by atoms with Gasteiger partial charge in [-0.05, 0) is 5.92 Å². The molecule has 0 bridgehead atoms. The zero-order valence-electron chi connectivity index (χ0n) is 13.2. The van der Waals surface area contributed by atoms with Crippen LogP contribution in [0.1, 0.15) is 27.7 Å². The maximum atomic E-state index is 9.02. The maximum absolute atomic E-state index is 9.02. The molecule has 0 saturated carbocycles. The van der Waals surface area contributed by atoms with Crippen LogP contribution in [-0.2, 0) is 0 Å².